The van der Waals surface area contributed by atoms with E-state index in [1.54, 1.807) is 12.3 Å². The van der Waals surface area contributed by atoms with E-state index in [1.165, 1.54) is 6.07 Å². The minimum absolute atomic E-state index is 0.263. The van der Waals surface area contributed by atoms with Crippen LogP contribution in [-0.2, 0) is 0 Å². The summed E-state index contributed by atoms with van der Waals surface area (Å²) in [6, 6.07) is 6.54. The van der Waals surface area contributed by atoms with Crippen LogP contribution in [0.1, 0.15) is 36.1 Å². The fourth-order valence-corrected chi connectivity index (χ4v) is 2.96. The summed E-state index contributed by atoms with van der Waals surface area (Å²) in [6.07, 6.45) is 2.61. The highest BCUT2D eigenvalue weighted by Crippen LogP contribution is 2.34. The largest absolute Gasteiger partial charge is 0.383 e. The van der Waals surface area contributed by atoms with Gasteiger partial charge < -0.3 is 11.1 Å². The van der Waals surface area contributed by atoms with Crippen LogP contribution < -0.4 is 11.1 Å². The summed E-state index contributed by atoms with van der Waals surface area (Å²) in [5.41, 5.74) is 8.43. The molecule has 0 aliphatic carbocycles. The molecule has 0 saturated heterocycles. The summed E-state index contributed by atoms with van der Waals surface area (Å²) < 4.78 is 15.1. The van der Waals surface area contributed by atoms with Crippen LogP contribution in [0.25, 0.3) is 0 Å². The molecule has 2 rings (SSSR count). The lowest BCUT2D eigenvalue weighted by atomic mass is 9.95. The van der Waals surface area contributed by atoms with Gasteiger partial charge in [0.1, 0.15) is 11.6 Å². The van der Waals surface area contributed by atoms with Gasteiger partial charge in [0.15, 0.2) is 0 Å². The van der Waals surface area contributed by atoms with Crippen molar-refractivity contribution in [3.05, 3.63) is 57.4 Å². The van der Waals surface area contributed by atoms with E-state index in [4.69, 9.17) is 5.73 Å². The summed E-state index contributed by atoms with van der Waals surface area (Å²) in [7, 11) is 0. The van der Waals surface area contributed by atoms with Crippen molar-refractivity contribution in [1.29, 1.82) is 0 Å². The van der Waals surface area contributed by atoms with Crippen LogP contribution >= 0.6 is 15.9 Å². The monoisotopic (exact) mass is 351 g/mol. The number of pyridine rings is 1. The van der Waals surface area contributed by atoms with Crippen molar-refractivity contribution in [1.82, 2.24) is 10.3 Å². The molecule has 21 heavy (non-hydrogen) atoms. The zero-order valence-corrected chi connectivity index (χ0v) is 13.7. The number of anilines is 1. The first-order chi connectivity index (χ1) is 10.1. The molecule has 0 amide bonds. The van der Waals surface area contributed by atoms with Crippen LogP contribution in [0, 0.1) is 12.7 Å². The van der Waals surface area contributed by atoms with Crippen molar-refractivity contribution in [2.45, 2.75) is 26.3 Å². The van der Waals surface area contributed by atoms with E-state index < -0.39 is 0 Å². The average molecular weight is 352 g/mol. The predicted molar refractivity (Wildman–Crippen MR) is 87.6 cm³/mol. The third-order valence-corrected chi connectivity index (χ3v) is 4.11. The van der Waals surface area contributed by atoms with Gasteiger partial charge in [0, 0.05) is 21.8 Å². The van der Waals surface area contributed by atoms with Crippen molar-refractivity contribution in [3.63, 3.8) is 0 Å². The van der Waals surface area contributed by atoms with Crippen LogP contribution in [0.3, 0.4) is 0 Å². The topological polar surface area (TPSA) is 50.9 Å². The van der Waals surface area contributed by atoms with Crippen molar-refractivity contribution in [2.24, 2.45) is 0 Å². The molecule has 0 spiro atoms. The Bertz CT molecular complexity index is 539. The molecule has 0 aliphatic heterocycles. The molecular weight excluding hydrogens is 333 g/mol. The maximum absolute atomic E-state index is 14.3. The standard InChI is InChI=1S/C16H19BrFN3/c1-3-8-20-15(13-10(2)7-9-21-16(13)19)14-11(17)5-4-6-12(14)18/h4-7,9,15,20H,3,8H2,1-2H3,(H2,19,21). The highest BCUT2D eigenvalue weighted by Gasteiger charge is 2.24. The quantitative estimate of drug-likeness (QED) is 0.856. The number of aromatic nitrogens is 1. The number of nitrogens with one attached hydrogen (secondary N) is 1. The Morgan fingerprint density at radius 3 is 2.71 bits per heavy atom. The lowest BCUT2D eigenvalue weighted by molar-refractivity contribution is 0.543. The molecule has 0 radical (unpaired) electrons. The molecule has 1 heterocycles. The summed E-state index contributed by atoms with van der Waals surface area (Å²) in [5.74, 6) is 0.166. The van der Waals surface area contributed by atoms with Crippen LogP contribution in [0.2, 0.25) is 0 Å². The molecule has 0 fully saturated rings. The number of benzene rings is 1. The lowest BCUT2D eigenvalue weighted by Crippen LogP contribution is -2.26. The van der Waals surface area contributed by atoms with Gasteiger partial charge in [0.05, 0.1) is 6.04 Å². The Kier molecular flexibility index (Phi) is 5.31. The van der Waals surface area contributed by atoms with Gasteiger partial charge in [-0.05, 0) is 43.7 Å². The molecule has 1 aromatic carbocycles. The molecule has 1 aromatic heterocycles. The van der Waals surface area contributed by atoms with E-state index in [0.717, 1.165) is 28.6 Å². The van der Waals surface area contributed by atoms with Gasteiger partial charge in [0.25, 0.3) is 0 Å². The zero-order valence-electron chi connectivity index (χ0n) is 12.2. The maximum Gasteiger partial charge on any atom is 0.129 e. The molecule has 112 valence electrons. The fraction of sp³-hybridized carbons (Fsp3) is 0.312. The molecule has 1 unspecified atom stereocenters. The third-order valence-electron chi connectivity index (χ3n) is 3.41. The van der Waals surface area contributed by atoms with Crippen LogP contribution in [0.15, 0.2) is 34.9 Å². The Labute approximate surface area is 132 Å². The number of nitrogens with zero attached hydrogens (tertiary/aromatic N) is 1. The minimum atomic E-state index is -0.325. The van der Waals surface area contributed by atoms with Gasteiger partial charge >= 0.3 is 0 Å². The Morgan fingerprint density at radius 1 is 1.33 bits per heavy atom. The van der Waals surface area contributed by atoms with Gasteiger partial charge in [-0.1, -0.05) is 28.9 Å². The second kappa shape index (κ2) is 7.00. The zero-order chi connectivity index (χ0) is 15.4. The first-order valence-electron chi connectivity index (χ1n) is 6.94. The number of nitrogens with two attached hydrogens (primary N) is 1. The fourth-order valence-electron chi connectivity index (χ4n) is 2.39. The molecular formula is C16H19BrFN3. The van der Waals surface area contributed by atoms with Crippen LogP contribution in [0.4, 0.5) is 10.2 Å². The van der Waals surface area contributed by atoms with E-state index in [9.17, 15) is 4.39 Å². The smallest absolute Gasteiger partial charge is 0.129 e. The van der Waals surface area contributed by atoms with Gasteiger partial charge in [0.2, 0.25) is 0 Å². The SMILES string of the molecule is CCCNC(c1c(F)cccc1Br)c1c(C)ccnc1N. The van der Waals surface area contributed by atoms with Gasteiger partial charge in [-0.3, -0.25) is 0 Å². The van der Waals surface area contributed by atoms with E-state index in [2.05, 4.69) is 33.2 Å². The van der Waals surface area contributed by atoms with E-state index in [-0.39, 0.29) is 11.9 Å². The number of hydrogen-bond donors (Lipinski definition) is 2. The maximum atomic E-state index is 14.3. The predicted octanol–water partition coefficient (Wildman–Crippen LogP) is 3.96. The Morgan fingerprint density at radius 2 is 2.10 bits per heavy atom. The van der Waals surface area contributed by atoms with Crippen LogP contribution in [-0.4, -0.2) is 11.5 Å². The molecule has 0 saturated carbocycles. The van der Waals surface area contributed by atoms with Crippen molar-refractivity contribution in [2.75, 3.05) is 12.3 Å². The molecule has 1 atom stereocenters. The number of aryl methyl sites for hydroxylation is 1. The second-order valence-electron chi connectivity index (χ2n) is 4.95. The van der Waals surface area contributed by atoms with Crippen molar-refractivity contribution < 1.29 is 4.39 Å². The lowest BCUT2D eigenvalue weighted by Gasteiger charge is -2.24. The number of hydrogen-bond acceptors (Lipinski definition) is 3. The van der Waals surface area contributed by atoms with E-state index in [0.29, 0.717) is 11.4 Å². The van der Waals surface area contributed by atoms with Gasteiger partial charge in [-0.15, -0.1) is 0 Å². The Hall–Kier alpha value is -1.46. The molecule has 0 bridgehead atoms. The summed E-state index contributed by atoms with van der Waals surface area (Å²) in [4.78, 5) is 4.15. The summed E-state index contributed by atoms with van der Waals surface area (Å²) in [6.45, 7) is 4.79. The first-order valence-corrected chi connectivity index (χ1v) is 7.73. The number of halogens is 2. The average Bonchev–Trinajstić information content (AvgIpc) is 2.43. The van der Waals surface area contributed by atoms with Gasteiger partial charge in [-0.2, -0.15) is 0 Å². The summed E-state index contributed by atoms with van der Waals surface area (Å²) >= 11 is 3.44. The van der Waals surface area contributed by atoms with Crippen molar-refractivity contribution >= 4 is 21.7 Å². The normalized spacial score (nSPS) is 12.4. The number of rotatable bonds is 5. The molecule has 2 aromatic rings. The molecule has 3 nitrogen and oxygen atoms in total. The first kappa shape index (κ1) is 15.9. The van der Waals surface area contributed by atoms with Crippen LogP contribution in [0.5, 0.6) is 0 Å². The van der Waals surface area contributed by atoms with Crippen molar-refractivity contribution in [3.8, 4) is 0 Å². The molecule has 3 N–H and O–H groups in total. The van der Waals surface area contributed by atoms with E-state index >= 15 is 0 Å². The minimum Gasteiger partial charge on any atom is -0.383 e. The molecule has 0 aliphatic rings. The second-order valence-corrected chi connectivity index (χ2v) is 5.80. The highest BCUT2D eigenvalue weighted by molar-refractivity contribution is 9.10. The molecule has 5 heteroatoms. The number of nitrogen functional groups attached to an aromatic ring is 1. The van der Waals surface area contributed by atoms with E-state index in [1.807, 2.05) is 19.1 Å². The Balaban J connectivity index is 2.59. The van der Waals surface area contributed by atoms with Gasteiger partial charge in [-0.25, -0.2) is 9.37 Å². The third kappa shape index (κ3) is 3.41. The highest BCUT2D eigenvalue weighted by atomic mass is 79.9. The summed E-state index contributed by atoms with van der Waals surface area (Å²) in [5, 5.41) is 3.38.